The van der Waals surface area contributed by atoms with Crippen molar-refractivity contribution in [3.8, 4) is 0 Å². The first-order valence-corrected chi connectivity index (χ1v) is 6.23. The monoisotopic (exact) mass is 240 g/mol. The Hall–Kier alpha value is -1.10. The van der Waals surface area contributed by atoms with Crippen molar-refractivity contribution in [3.05, 3.63) is 5.89 Å². The molecule has 17 heavy (non-hydrogen) atoms. The standard InChI is InChI=1S/C12H24N4O/c1-6-13-9(2)10-15-16-11(17-10)14-8-7-12(3,4)5/h9,13H,6-8H2,1-5H3,(H,14,16). The first-order valence-electron chi connectivity index (χ1n) is 6.23. The fourth-order valence-electron chi connectivity index (χ4n) is 1.42. The summed E-state index contributed by atoms with van der Waals surface area (Å²) in [5.74, 6) is 0.630. The minimum absolute atomic E-state index is 0.102. The lowest BCUT2D eigenvalue weighted by molar-refractivity contribution is 0.385. The van der Waals surface area contributed by atoms with E-state index in [1.54, 1.807) is 0 Å². The fourth-order valence-corrected chi connectivity index (χ4v) is 1.42. The van der Waals surface area contributed by atoms with Crippen LogP contribution >= 0.6 is 0 Å². The third kappa shape index (κ3) is 5.17. The van der Waals surface area contributed by atoms with Crippen LogP contribution in [0.2, 0.25) is 0 Å². The molecule has 0 spiro atoms. The highest BCUT2D eigenvalue weighted by molar-refractivity contribution is 5.17. The van der Waals surface area contributed by atoms with Gasteiger partial charge in [0.05, 0.1) is 6.04 Å². The molecule has 0 saturated heterocycles. The number of anilines is 1. The maximum Gasteiger partial charge on any atom is 0.315 e. The summed E-state index contributed by atoms with van der Waals surface area (Å²) in [5.41, 5.74) is 0.312. The Morgan fingerprint density at radius 1 is 1.29 bits per heavy atom. The van der Waals surface area contributed by atoms with Crippen LogP contribution in [0.25, 0.3) is 0 Å². The molecule has 0 aliphatic heterocycles. The average Bonchev–Trinajstić information content (AvgIpc) is 2.65. The van der Waals surface area contributed by atoms with Gasteiger partial charge < -0.3 is 15.1 Å². The zero-order valence-corrected chi connectivity index (χ0v) is 11.5. The molecular formula is C12H24N4O. The van der Waals surface area contributed by atoms with Gasteiger partial charge in [0.2, 0.25) is 5.89 Å². The van der Waals surface area contributed by atoms with E-state index in [1.807, 2.05) is 6.92 Å². The predicted molar refractivity (Wildman–Crippen MR) is 69.0 cm³/mol. The number of hydrogen-bond acceptors (Lipinski definition) is 5. The Bertz CT molecular complexity index is 329. The first kappa shape index (κ1) is 14.0. The molecule has 5 nitrogen and oxygen atoms in total. The second kappa shape index (κ2) is 6.00. The van der Waals surface area contributed by atoms with Gasteiger partial charge in [0.25, 0.3) is 0 Å². The SMILES string of the molecule is CCNC(C)c1nnc(NCCC(C)(C)C)o1. The van der Waals surface area contributed by atoms with Gasteiger partial charge in [-0.25, -0.2) is 0 Å². The number of nitrogens with one attached hydrogen (secondary N) is 2. The topological polar surface area (TPSA) is 63.0 Å². The summed E-state index contributed by atoms with van der Waals surface area (Å²) in [6.07, 6.45) is 1.06. The van der Waals surface area contributed by atoms with E-state index in [4.69, 9.17) is 4.42 Å². The maximum atomic E-state index is 5.52. The molecule has 0 amide bonds. The lowest BCUT2D eigenvalue weighted by Gasteiger charge is -2.17. The van der Waals surface area contributed by atoms with E-state index in [1.165, 1.54) is 0 Å². The van der Waals surface area contributed by atoms with Crippen LogP contribution in [-0.2, 0) is 0 Å². The van der Waals surface area contributed by atoms with Crippen LogP contribution in [0, 0.1) is 5.41 Å². The van der Waals surface area contributed by atoms with Crippen LogP contribution in [0.4, 0.5) is 6.01 Å². The highest BCUT2D eigenvalue weighted by atomic mass is 16.4. The zero-order valence-electron chi connectivity index (χ0n) is 11.5. The molecule has 0 bridgehead atoms. The molecule has 0 aromatic carbocycles. The highest BCUT2D eigenvalue weighted by Crippen LogP contribution is 2.19. The van der Waals surface area contributed by atoms with Crippen LogP contribution in [-0.4, -0.2) is 23.3 Å². The molecule has 1 atom stereocenters. The highest BCUT2D eigenvalue weighted by Gasteiger charge is 2.13. The van der Waals surface area contributed by atoms with Gasteiger partial charge in [0.15, 0.2) is 0 Å². The van der Waals surface area contributed by atoms with Gasteiger partial charge in [0.1, 0.15) is 0 Å². The Labute approximate surface area is 103 Å². The van der Waals surface area contributed by atoms with E-state index >= 15 is 0 Å². The molecule has 0 fully saturated rings. The Kier molecular flexibility index (Phi) is 4.93. The number of rotatable bonds is 6. The van der Waals surface area contributed by atoms with E-state index in [-0.39, 0.29) is 6.04 Å². The Morgan fingerprint density at radius 2 is 2.00 bits per heavy atom. The number of hydrogen-bond donors (Lipinski definition) is 2. The molecule has 0 radical (unpaired) electrons. The number of aromatic nitrogens is 2. The largest absolute Gasteiger partial charge is 0.406 e. The normalized spacial score (nSPS) is 13.7. The van der Waals surface area contributed by atoms with Gasteiger partial charge in [-0.15, -0.1) is 5.10 Å². The summed E-state index contributed by atoms with van der Waals surface area (Å²) in [7, 11) is 0. The van der Waals surface area contributed by atoms with Crippen molar-refractivity contribution < 1.29 is 4.42 Å². The summed E-state index contributed by atoms with van der Waals surface area (Å²) < 4.78 is 5.52. The Morgan fingerprint density at radius 3 is 2.59 bits per heavy atom. The number of nitrogens with zero attached hydrogens (tertiary/aromatic N) is 2. The van der Waals surface area contributed by atoms with Crippen molar-refractivity contribution in [2.24, 2.45) is 5.41 Å². The lowest BCUT2D eigenvalue weighted by atomic mass is 9.92. The van der Waals surface area contributed by atoms with Gasteiger partial charge in [-0.05, 0) is 25.3 Å². The summed E-state index contributed by atoms with van der Waals surface area (Å²) in [5, 5.41) is 14.4. The Balaban J connectivity index is 2.40. The molecule has 1 heterocycles. The first-order chi connectivity index (χ1) is 7.92. The molecule has 1 aromatic rings. The minimum atomic E-state index is 0.102. The molecule has 1 unspecified atom stereocenters. The molecule has 1 aromatic heterocycles. The summed E-state index contributed by atoms with van der Waals surface area (Å²) in [6.45, 7) is 12.4. The molecule has 0 aliphatic rings. The maximum absolute atomic E-state index is 5.52. The molecular weight excluding hydrogens is 216 g/mol. The summed E-state index contributed by atoms with van der Waals surface area (Å²) in [6, 6.07) is 0.611. The van der Waals surface area contributed by atoms with Gasteiger partial charge in [-0.1, -0.05) is 32.8 Å². The van der Waals surface area contributed by atoms with Crippen LogP contribution < -0.4 is 10.6 Å². The van der Waals surface area contributed by atoms with Gasteiger partial charge in [-0.2, -0.15) is 0 Å². The van der Waals surface area contributed by atoms with Crippen molar-refractivity contribution in [2.45, 2.75) is 47.1 Å². The summed E-state index contributed by atoms with van der Waals surface area (Å²) in [4.78, 5) is 0. The molecule has 0 saturated carbocycles. The summed E-state index contributed by atoms with van der Waals surface area (Å²) >= 11 is 0. The van der Waals surface area contributed by atoms with E-state index in [0.717, 1.165) is 19.5 Å². The minimum Gasteiger partial charge on any atom is -0.406 e. The van der Waals surface area contributed by atoms with E-state index in [2.05, 4.69) is 48.5 Å². The quantitative estimate of drug-likeness (QED) is 0.800. The van der Waals surface area contributed by atoms with Gasteiger partial charge in [0, 0.05) is 6.54 Å². The smallest absolute Gasteiger partial charge is 0.315 e. The fraction of sp³-hybridized carbons (Fsp3) is 0.833. The molecule has 1 rings (SSSR count). The average molecular weight is 240 g/mol. The third-order valence-electron chi connectivity index (χ3n) is 2.47. The van der Waals surface area contributed by atoms with Crippen molar-refractivity contribution in [1.82, 2.24) is 15.5 Å². The van der Waals surface area contributed by atoms with Crippen molar-refractivity contribution in [1.29, 1.82) is 0 Å². The molecule has 98 valence electrons. The van der Waals surface area contributed by atoms with Crippen molar-refractivity contribution in [2.75, 3.05) is 18.4 Å². The van der Waals surface area contributed by atoms with Crippen LogP contribution in [0.5, 0.6) is 0 Å². The predicted octanol–water partition coefficient (Wildman–Crippen LogP) is 2.59. The van der Waals surface area contributed by atoms with Gasteiger partial charge >= 0.3 is 6.01 Å². The van der Waals surface area contributed by atoms with Gasteiger partial charge in [-0.3, -0.25) is 0 Å². The molecule has 5 heteroatoms. The van der Waals surface area contributed by atoms with Crippen molar-refractivity contribution in [3.63, 3.8) is 0 Å². The van der Waals surface area contributed by atoms with Crippen LogP contribution in [0.1, 0.15) is 53.0 Å². The van der Waals surface area contributed by atoms with E-state index in [0.29, 0.717) is 17.3 Å². The molecule has 0 aliphatic carbocycles. The van der Waals surface area contributed by atoms with Crippen LogP contribution in [0.3, 0.4) is 0 Å². The third-order valence-corrected chi connectivity index (χ3v) is 2.47. The van der Waals surface area contributed by atoms with Crippen LogP contribution in [0.15, 0.2) is 4.42 Å². The molecule has 2 N–H and O–H groups in total. The lowest BCUT2D eigenvalue weighted by Crippen LogP contribution is -2.17. The van der Waals surface area contributed by atoms with E-state index in [9.17, 15) is 0 Å². The zero-order chi connectivity index (χ0) is 12.9. The van der Waals surface area contributed by atoms with Crippen molar-refractivity contribution >= 4 is 6.01 Å². The second-order valence-corrected chi connectivity index (χ2v) is 5.46. The second-order valence-electron chi connectivity index (χ2n) is 5.46. The van der Waals surface area contributed by atoms with E-state index < -0.39 is 0 Å².